The largest absolute Gasteiger partial charge is 0.376 e. The van der Waals surface area contributed by atoms with Crippen LogP contribution in [0.2, 0.25) is 5.02 Å². The van der Waals surface area contributed by atoms with Gasteiger partial charge in [-0.05, 0) is 44.0 Å². The molecule has 2 aromatic rings. The Hall–Kier alpha value is -2.21. The van der Waals surface area contributed by atoms with Crippen molar-refractivity contribution in [2.24, 2.45) is 5.92 Å². The highest BCUT2D eigenvalue weighted by Gasteiger charge is 2.24. The monoisotopic (exact) mass is 417 g/mol. The quantitative estimate of drug-likeness (QED) is 0.519. The van der Waals surface area contributed by atoms with Crippen LogP contribution in [-0.2, 0) is 16.1 Å². The zero-order valence-electron chi connectivity index (χ0n) is 15.4. The van der Waals surface area contributed by atoms with Crippen LogP contribution in [0.15, 0.2) is 29.4 Å². The molecule has 1 fully saturated rings. The second-order valence-corrected chi connectivity index (χ2v) is 7.94. The van der Waals surface area contributed by atoms with Gasteiger partial charge in [-0.1, -0.05) is 23.4 Å². The number of Topliss-reactive ketones (excluding diaryl/α,β-unsaturated/α-hetero) is 1. The Morgan fingerprint density at radius 2 is 2.21 bits per heavy atom. The van der Waals surface area contributed by atoms with Crippen LogP contribution in [0, 0.1) is 22.7 Å². The Balaban J connectivity index is 1.83. The molecule has 1 aromatic heterocycles. The van der Waals surface area contributed by atoms with Crippen molar-refractivity contribution in [3.8, 4) is 17.5 Å². The molecule has 1 aromatic carbocycles. The number of carbonyl (C=O) groups is 1. The maximum atomic E-state index is 12.3. The topological polar surface area (TPSA) is 105 Å². The van der Waals surface area contributed by atoms with Gasteiger partial charge in [-0.15, -0.1) is 10.2 Å². The molecule has 0 saturated carbocycles. The van der Waals surface area contributed by atoms with Crippen LogP contribution in [0.5, 0.6) is 0 Å². The molecule has 1 aliphatic heterocycles. The second kappa shape index (κ2) is 9.32. The molecule has 9 heteroatoms. The summed E-state index contributed by atoms with van der Waals surface area (Å²) in [6.07, 6.45) is 2.06. The Morgan fingerprint density at radius 1 is 1.46 bits per heavy atom. The van der Waals surface area contributed by atoms with Gasteiger partial charge in [0, 0.05) is 22.9 Å². The summed E-state index contributed by atoms with van der Waals surface area (Å²) in [6.45, 7) is 2.80. The second-order valence-electron chi connectivity index (χ2n) is 6.56. The third-order valence-corrected chi connectivity index (χ3v) is 5.70. The number of benzene rings is 1. The molecule has 2 heterocycles. The molecule has 28 heavy (non-hydrogen) atoms. The van der Waals surface area contributed by atoms with Gasteiger partial charge in [-0.25, -0.2) is 0 Å². The van der Waals surface area contributed by atoms with Gasteiger partial charge in [-0.3, -0.25) is 9.36 Å². The number of halogens is 1. The normalized spacial score (nSPS) is 17.2. The van der Waals surface area contributed by atoms with Crippen LogP contribution in [0.25, 0.3) is 11.4 Å². The molecule has 1 saturated heterocycles. The van der Waals surface area contributed by atoms with E-state index in [-0.39, 0.29) is 23.4 Å². The lowest BCUT2D eigenvalue weighted by Gasteiger charge is -2.15. The van der Waals surface area contributed by atoms with Crippen molar-refractivity contribution in [2.75, 3.05) is 12.4 Å². The van der Waals surface area contributed by atoms with Crippen molar-refractivity contribution in [1.29, 1.82) is 10.7 Å². The third-order valence-electron chi connectivity index (χ3n) is 4.46. The number of rotatable bonds is 8. The number of aromatic nitrogens is 3. The summed E-state index contributed by atoms with van der Waals surface area (Å²) in [5.41, 5.74) is 0.925. The fourth-order valence-electron chi connectivity index (χ4n) is 2.99. The minimum atomic E-state index is -1.02. The van der Waals surface area contributed by atoms with Crippen molar-refractivity contribution in [3.63, 3.8) is 0 Å². The van der Waals surface area contributed by atoms with Crippen molar-refractivity contribution >= 4 is 34.9 Å². The predicted molar refractivity (Wildman–Crippen MR) is 108 cm³/mol. The number of nitrogens with zero attached hydrogens (tertiary/aromatic N) is 4. The van der Waals surface area contributed by atoms with E-state index in [1.807, 2.05) is 22.8 Å². The van der Waals surface area contributed by atoms with E-state index < -0.39 is 5.92 Å². The predicted octanol–water partition coefficient (Wildman–Crippen LogP) is 3.62. The summed E-state index contributed by atoms with van der Waals surface area (Å²) < 4.78 is 7.71. The number of carbonyl (C=O) groups excluding carboxylic acids is 1. The summed E-state index contributed by atoms with van der Waals surface area (Å²) in [6, 6.07) is 9.23. The Bertz CT molecular complexity index is 900. The zero-order chi connectivity index (χ0) is 20.1. The van der Waals surface area contributed by atoms with Crippen LogP contribution in [0.3, 0.4) is 0 Å². The summed E-state index contributed by atoms with van der Waals surface area (Å²) in [5, 5.41) is 26.5. The molecule has 0 amide bonds. The van der Waals surface area contributed by atoms with E-state index in [0.29, 0.717) is 22.5 Å². The molecular weight excluding hydrogens is 398 g/mol. The first-order valence-corrected chi connectivity index (χ1v) is 10.3. The number of hydrogen-bond donors (Lipinski definition) is 1. The smallest absolute Gasteiger partial charge is 0.192 e. The van der Waals surface area contributed by atoms with Crippen molar-refractivity contribution in [3.05, 3.63) is 29.3 Å². The van der Waals surface area contributed by atoms with Gasteiger partial charge in [0.1, 0.15) is 5.92 Å². The molecule has 0 spiro atoms. The SMILES string of the molecule is CC(=N)C(C#N)C(=O)CSc1nnc(-c2ccc(Cl)cc2)n1C[C@@H]1CCCO1. The summed E-state index contributed by atoms with van der Waals surface area (Å²) in [7, 11) is 0. The number of ether oxygens (including phenoxy) is 1. The van der Waals surface area contributed by atoms with E-state index in [9.17, 15) is 4.79 Å². The van der Waals surface area contributed by atoms with Gasteiger partial charge in [-0.2, -0.15) is 5.26 Å². The number of thioether (sulfide) groups is 1. The third kappa shape index (κ3) is 4.79. The van der Waals surface area contributed by atoms with Gasteiger partial charge in [0.05, 0.1) is 24.5 Å². The summed E-state index contributed by atoms with van der Waals surface area (Å²) in [4.78, 5) is 12.3. The molecule has 3 rings (SSSR count). The molecular formula is C19H20ClN5O2S. The van der Waals surface area contributed by atoms with Crippen LogP contribution >= 0.6 is 23.4 Å². The Labute approximate surface area is 172 Å². The summed E-state index contributed by atoms with van der Waals surface area (Å²) in [5.74, 6) is -0.585. The fourth-order valence-corrected chi connectivity index (χ4v) is 3.97. The van der Waals surface area contributed by atoms with Gasteiger partial charge in [0.15, 0.2) is 16.8 Å². The van der Waals surface area contributed by atoms with Crippen molar-refractivity contribution in [1.82, 2.24) is 14.8 Å². The molecule has 7 nitrogen and oxygen atoms in total. The lowest BCUT2D eigenvalue weighted by Crippen LogP contribution is -2.22. The average molecular weight is 418 g/mol. The van der Waals surface area contributed by atoms with Crippen LogP contribution in [-0.4, -0.2) is 44.7 Å². The van der Waals surface area contributed by atoms with Crippen molar-refractivity contribution in [2.45, 2.75) is 37.6 Å². The van der Waals surface area contributed by atoms with E-state index in [2.05, 4.69) is 10.2 Å². The van der Waals surface area contributed by atoms with Crippen LogP contribution in [0.1, 0.15) is 19.8 Å². The minimum Gasteiger partial charge on any atom is -0.376 e. The lowest BCUT2D eigenvalue weighted by molar-refractivity contribution is -0.117. The van der Waals surface area contributed by atoms with E-state index in [1.54, 1.807) is 12.1 Å². The standard InChI is InChI=1S/C19H20ClN5O2S/c1-12(22)16(9-21)17(26)11-28-19-24-23-18(13-4-6-14(20)7-5-13)25(19)10-15-3-2-8-27-15/h4-7,15-16,22H,2-3,8,10-11H2,1H3/t15-,16?/m0/s1. The highest BCUT2D eigenvalue weighted by Crippen LogP contribution is 2.27. The summed E-state index contributed by atoms with van der Waals surface area (Å²) >= 11 is 7.22. The molecule has 1 unspecified atom stereocenters. The minimum absolute atomic E-state index is 0.0516. The highest BCUT2D eigenvalue weighted by molar-refractivity contribution is 7.99. The van der Waals surface area contributed by atoms with Crippen LogP contribution in [0.4, 0.5) is 0 Å². The maximum Gasteiger partial charge on any atom is 0.192 e. The molecule has 1 N–H and O–H groups in total. The first-order valence-electron chi connectivity index (χ1n) is 8.90. The maximum absolute atomic E-state index is 12.3. The molecule has 146 valence electrons. The molecule has 2 atom stereocenters. The molecule has 0 radical (unpaired) electrons. The Morgan fingerprint density at radius 3 is 2.82 bits per heavy atom. The van der Waals surface area contributed by atoms with E-state index in [4.69, 9.17) is 27.0 Å². The van der Waals surface area contributed by atoms with Gasteiger partial charge in [0.25, 0.3) is 0 Å². The van der Waals surface area contributed by atoms with E-state index in [0.717, 1.165) is 25.0 Å². The number of ketones is 1. The first-order chi connectivity index (χ1) is 13.5. The Kier molecular flexibility index (Phi) is 6.83. The van der Waals surface area contributed by atoms with E-state index in [1.165, 1.54) is 18.7 Å². The van der Waals surface area contributed by atoms with Gasteiger partial charge in [0.2, 0.25) is 0 Å². The number of nitriles is 1. The fraction of sp³-hybridized carbons (Fsp3) is 0.421. The van der Waals surface area contributed by atoms with Crippen molar-refractivity contribution < 1.29 is 9.53 Å². The number of nitrogens with one attached hydrogen (secondary N) is 1. The van der Waals surface area contributed by atoms with E-state index >= 15 is 0 Å². The lowest BCUT2D eigenvalue weighted by atomic mass is 10.0. The molecule has 1 aliphatic rings. The number of hydrogen-bond acceptors (Lipinski definition) is 7. The van der Waals surface area contributed by atoms with Gasteiger partial charge >= 0.3 is 0 Å². The molecule has 0 aliphatic carbocycles. The highest BCUT2D eigenvalue weighted by atomic mass is 35.5. The molecule has 0 bridgehead atoms. The van der Waals surface area contributed by atoms with Gasteiger partial charge < -0.3 is 10.1 Å². The zero-order valence-corrected chi connectivity index (χ0v) is 17.0. The first kappa shape index (κ1) is 20.5. The van der Waals surface area contributed by atoms with Crippen LogP contribution < -0.4 is 0 Å². The average Bonchev–Trinajstić information content (AvgIpc) is 3.31.